The van der Waals surface area contributed by atoms with Gasteiger partial charge in [0.1, 0.15) is 5.75 Å². The molecule has 1 heterocycles. The lowest BCUT2D eigenvalue weighted by Crippen LogP contribution is -2.40. The number of nitrogens with zero attached hydrogens (tertiary/aromatic N) is 1. The summed E-state index contributed by atoms with van der Waals surface area (Å²) in [6, 6.07) is 5.19. The molecule has 1 aromatic carbocycles. The fourth-order valence-corrected chi connectivity index (χ4v) is 3.26. The first-order chi connectivity index (χ1) is 10.0. The Morgan fingerprint density at radius 1 is 1.29 bits per heavy atom. The topological polar surface area (TPSA) is 49.8 Å². The summed E-state index contributed by atoms with van der Waals surface area (Å²) in [5, 5.41) is 9.39. The van der Waals surface area contributed by atoms with Crippen LogP contribution >= 0.6 is 0 Å². The average molecular weight is 291 g/mol. The van der Waals surface area contributed by atoms with Crippen LogP contribution in [0.2, 0.25) is 0 Å². The number of aromatic carboxylic acids is 1. The van der Waals surface area contributed by atoms with Crippen molar-refractivity contribution >= 4 is 11.7 Å². The number of hydrogen-bond donors (Lipinski definition) is 1. The Labute approximate surface area is 126 Å². The molecule has 1 fully saturated rings. The highest BCUT2D eigenvalue weighted by Gasteiger charge is 2.32. The van der Waals surface area contributed by atoms with E-state index >= 15 is 0 Å². The molecule has 0 radical (unpaired) electrons. The molecule has 0 aromatic heterocycles. The number of anilines is 1. The summed E-state index contributed by atoms with van der Waals surface area (Å²) >= 11 is 0. The zero-order chi connectivity index (χ0) is 15.5. The van der Waals surface area contributed by atoms with E-state index in [4.69, 9.17) is 4.74 Å². The van der Waals surface area contributed by atoms with Gasteiger partial charge >= 0.3 is 5.97 Å². The molecular formula is C17H25NO3. The van der Waals surface area contributed by atoms with Crippen molar-refractivity contribution in [2.45, 2.75) is 39.5 Å². The Kier molecular flexibility index (Phi) is 4.76. The number of benzene rings is 1. The minimum absolute atomic E-state index is 0.358. The predicted molar refractivity (Wildman–Crippen MR) is 84.4 cm³/mol. The van der Waals surface area contributed by atoms with E-state index in [1.54, 1.807) is 19.2 Å². The van der Waals surface area contributed by atoms with Crippen LogP contribution in [0.5, 0.6) is 5.75 Å². The maximum atomic E-state index is 11.4. The number of carboxylic acid groups (broad SMARTS) is 1. The van der Waals surface area contributed by atoms with Crippen LogP contribution < -0.4 is 9.64 Å². The van der Waals surface area contributed by atoms with Crippen LogP contribution in [0.15, 0.2) is 18.2 Å². The van der Waals surface area contributed by atoms with Crippen LogP contribution in [0.4, 0.5) is 5.69 Å². The third-order valence-corrected chi connectivity index (χ3v) is 5.10. The van der Waals surface area contributed by atoms with Gasteiger partial charge in [-0.05, 0) is 30.4 Å². The number of carboxylic acids is 1. The van der Waals surface area contributed by atoms with Gasteiger partial charge in [-0.1, -0.05) is 26.7 Å². The summed E-state index contributed by atoms with van der Waals surface area (Å²) < 4.78 is 5.24. The van der Waals surface area contributed by atoms with E-state index < -0.39 is 5.97 Å². The van der Waals surface area contributed by atoms with Crippen molar-refractivity contribution in [1.82, 2.24) is 0 Å². The highest BCUT2D eigenvalue weighted by atomic mass is 16.5. The lowest BCUT2D eigenvalue weighted by Gasteiger charge is -2.42. The molecule has 1 aliphatic heterocycles. The fraction of sp³-hybridized carbons (Fsp3) is 0.588. The number of piperidine rings is 1. The zero-order valence-corrected chi connectivity index (χ0v) is 13.2. The van der Waals surface area contributed by atoms with Gasteiger partial charge in [0.15, 0.2) is 0 Å². The summed E-state index contributed by atoms with van der Waals surface area (Å²) in [4.78, 5) is 13.6. The second kappa shape index (κ2) is 6.37. The third kappa shape index (κ3) is 3.14. The van der Waals surface area contributed by atoms with Gasteiger partial charge in [0.2, 0.25) is 0 Å². The molecule has 4 heteroatoms. The monoisotopic (exact) mass is 291 g/mol. The molecule has 1 aliphatic rings. The third-order valence-electron chi connectivity index (χ3n) is 5.10. The molecule has 0 unspecified atom stereocenters. The summed E-state index contributed by atoms with van der Waals surface area (Å²) in [5.74, 6) is -0.173. The van der Waals surface area contributed by atoms with E-state index in [2.05, 4.69) is 18.7 Å². The maximum Gasteiger partial charge on any atom is 0.337 e. The second-order valence-corrected chi connectivity index (χ2v) is 5.88. The van der Waals surface area contributed by atoms with Crippen molar-refractivity contribution in [2.75, 3.05) is 25.1 Å². The molecule has 1 saturated heterocycles. The van der Waals surface area contributed by atoms with E-state index in [0.29, 0.717) is 16.7 Å². The first kappa shape index (κ1) is 15.7. The normalized spacial score (nSPS) is 17.6. The highest BCUT2D eigenvalue weighted by molar-refractivity contribution is 5.94. The first-order valence-corrected chi connectivity index (χ1v) is 7.71. The lowest BCUT2D eigenvalue weighted by atomic mass is 9.74. The van der Waals surface area contributed by atoms with Gasteiger partial charge in [-0.25, -0.2) is 4.79 Å². The summed E-state index contributed by atoms with van der Waals surface area (Å²) in [6.45, 7) is 6.34. The second-order valence-electron chi connectivity index (χ2n) is 5.88. The summed E-state index contributed by atoms with van der Waals surface area (Å²) in [5.41, 5.74) is 1.57. The lowest BCUT2D eigenvalue weighted by molar-refractivity contribution is 0.0697. The Hall–Kier alpha value is -1.71. The molecule has 4 nitrogen and oxygen atoms in total. The maximum absolute atomic E-state index is 11.4. The van der Waals surface area contributed by atoms with E-state index in [1.807, 2.05) is 6.07 Å². The Bertz CT molecular complexity index is 499. The van der Waals surface area contributed by atoms with Gasteiger partial charge in [-0.2, -0.15) is 0 Å². The van der Waals surface area contributed by atoms with Crippen LogP contribution in [0, 0.1) is 5.41 Å². The highest BCUT2D eigenvalue weighted by Crippen LogP contribution is 2.40. The molecule has 1 N–H and O–H groups in total. The summed E-state index contributed by atoms with van der Waals surface area (Å²) in [6.07, 6.45) is 4.63. The molecule has 0 spiro atoms. The summed E-state index contributed by atoms with van der Waals surface area (Å²) in [7, 11) is 1.61. The average Bonchev–Trinajstić information content (AvgIpc) is 2.54. The predicted octanol–water partition coefficient (Wildman–Crippen LogP) is 3.80. The van der Waals surface area contributed by atoms with Crippen LogP contribution in [0.1, 0.15) is 49.9 Å². The number of hydrogen-bond acceptors (Lipinski definition) is 3. The minimum atomic E-state index is -0.879. The standard InChI is InChI=1S/C17H25NO3/c1-4-17(5-2)8-10-18(11-9-17)15-12-13(21-3)6-7-14(15)16(19)20/h6-7,12H,4-5,8-11H2,1-3H3,(H,19,20). The Morgan fingerprint density at radius 2 is 1.90 bits per heavy atom. The zero-order valence-electron chi connectivity index (χ0n) is 13.2. The van der Waals surface area contributed by atoms with E-state index in [9.17, 15) is 9.90 Å². The van der Waals surface area contributed by atoms with Gasteiger partial charge in [0.25, 0.3) is 0 Å². The van der Waals surface area contributed by atoms with Crippen molar-refractivity contribution in [3.63, 3.8) is 0 Å². The van der Waals surface area contributed by atoms with Crippen LogP contribution in [0.3, 0.4) is 0 Å². The SMILES string of the molecule is CCC1(CC)CCN(c2cc(OC)ccc2C(=O)O)CC1. The molecule has 0 amide bonds. The van der Waals surface area contributed by atoms with Gasteiger partial charge in [-0.3, -0.25) is 0 Å². The molecule has 1 aromatic rings. The Balaban J connectivity index is 2.24. The quantitative estimate of drug-likeness (QED) is 0.896. The molecule has 0 saturated carbocycles. The van der Waals surface area contributed by atoms with Crippen LogP contribution in [0.25, 0.3) is 0 Å². The van der Waals surface area contributed by atoms with Crippen molar-refractivity contribution in [3.05, 3.63) is 23.8 Å². The number of carbonyl (C=O) groups is 1. The van der Waals surface area contributed by atoms with Gasteiger partial charge in [-0.15, -0.1) is 0 Å². The van der Waals surface area contributed by atoms with Crippen molar-refractivity contribution in [3.8, 4) is 5.75 Å². The number of rotatable bonds is 5. The molecular weight excluding hydrogens is 266 g/mol. The smallest absolute Gasteiger partial charge is 0.337 e. The van der Waals surface area contributed by atoms with Gasteiger partial charge in [0.05, 0.1) is 18.4 Å². The molecule has 116 valence electrons. The molecule has 2 rings (SSSR count). The van der Waals surface area contributed by atoms with E-state index in [0.717, 1.165) is 31.6 Å². The fourth-order valence-electron chi connectivity index (χ4n) is 3.26. The van der Waals surface area contributed by atoms with Gasteiger partial charge in [0, 0.05) is 19.2 Å². The first-order valence-electron chi connectivity index (χ1n) is 7.71. The number of methoxy groups -OCH3 is 1. The molecule has 21 heavy (non-hydrogen) atoms. The molecule has 0 atom stereocenters. The Morgan fingerprint density at radius 3 is 2.38 bits per heavy atom. The van der Waals surface area contributed by atoms with Crippen molar-refractivity contribution in [2.24, 2.45) is 5.41 Å². The van der Waals surface area contributed by atoms with Crippen molar-refractivity contribution in [1.29, 1.82) is 0 Å². The van der Waals surface area contributed by atoms with Crippen LogP contribution in [-0.2, 0) is 0 Å². The van der Waals surface area contributed by atoms with Crippen molar-refractivity contribution < 1.29 is 14.6 Å². The largest absolute Gasteiger partial charge is 0.497 e. The number of ether oxygens (including phenoxy) is 1. The molecule has 0 aliphatic carbocycles. The van der Waals surface area contributed by atoms with E-state index in [1.165, 1.54) is 12.8 Å². The van der Waals surface area contributed by atoms with E-state index in [-0.39, 0.29) is 0 Å². The molecule has 0 bridgehead atoms. The minimum Gasteiger partial charge on any atom is -0.497 e. The van der Waals surface area contributed by atoms with Crippen LogP contribution in [-0.4, -0.2) is 31.3 Å². The van der Waals surface area contributed by atoms with Gasteiger partial charge < -0.3 is 14.7 Å².